The Morgan fingerprint density at radius 2 is 2.17 bits per heavy atom. The summed E-state index contributed by atoms with van der Waals surface area (Å²) in [5, 5.41) is 10.1. The molecule has 1 aromatic heterocycles. The summed E-state index contributed by atoms with van der Waals surface area (Å²) < 4.78 is 7.43. The number of aromatic carboxylic acids is 1. The molecule has 4 heteroatoms. The number of fused-ring (bicyclic) bond motifs is 1. The van der Waals surface area contributed by atoms with Crippen LogP contribution in [0.2, 0.25) is 0 Å². The molecule has 0 saturated carbocycles. The minimum Gasteiger partial charge on any atom is -0.478 e. The largest absolute Gasteiger partial charge is 0.478 e. The van der Waals surface area contributed by atoms with Crippen molar-refractivity contribution in [1.29, 1.82) is 0 Å². The van der Waals surface area contributed by atoms with Gasteiger partial charge in [0, 0.05) is 18.1 Å². The average Bonchev–Trinajstić information content (AvgIpc) is 2.72. The standard InChI is InChI=1S/C14H17NO3/c1-10(2)18-9-8-15-7-6-11-4-3-5-12(13(11)15)14(16)17/h3-7,10H,8-9H2,1-2H3,(H,16,17). The molecule has 0 aliphatic heterocycles. The average molecular weight is 247 g/mol. The molecule has 0 aliphatic rings. The van der Waals surface area contributed by atoms with Crippen LogP contribution in [0.15, 0.2) is 30.5 Å². The van der Waals surface area contributed by atoms with Gasteiger partial charge in [0.1, 0.15) is 0 Å². The monoisotopic (exact) mass is 247 g/mol. The molecule has 0 radical (unpaired) electrons. The van der Waals surface area contributed by atoms with E-state index in [0.29, 0.717) is 18.7 Å². The highest BCUT2D eigenvalue weighted by molar-refractivity contribution is 6.02. The first kappa shape index (κ1) is 12.6. The summed E-state index contributed by atoms with van der Waals surface area (Å²) in [5.41, 5.74) is 1.10. The van der Waals surface area contributed by atoms with E-state index in [1.165, 1.54) is 0 Å². The predicted octanol–water partition coefficient (Wildman–Crippen LogP) is 2.76. The lowest BCUT2D eigenvalue weighted by molar-refractivity contribution is 0.0692. The lowest BCUT2D eigenvalue weighted by Crippen LogP contribution is -2.11. The summed E-state index contributed by atoms with van der Waals surface area (Å²) >= 11 is 0. The Bertz CT molecular complexity index is 557. The van der Waals surface area contributed by atoms with Crippen LogP contribution in [0.1, 0.15) is 24.2 Å². The number of hydrogen-bond donors (Lipinski definition) is 1. The second-order valence-corrected chi connectivity index (χ2v) is 4.48. The molecule has 0 fully saturated rings. The molecule has 0 atom stereocenters. The summed E-state index contributed by atoms with van der Waals surface area (Å²) in [6.07, 6.45) is 2.09. The van der Waals surface area contributed by atoms with Crippen molar-refractivity contribution in [2.24, 2.45) is 0 Å². The van der Waals surface area contributed by atoms with Crippen LogP contribution >= 0.6 is 0 Å². The van der Waals surface area contributed by atoms with E-state index >= 15 is 0 Å². The Balaban J connectivity index is 2.30. The summed E-state index contributed by atoms with van der Waals surface area (Å²) in [5.74, 6) is -0.898. The van der Waals surface area contributed by atoms with E-state index < -0.39 is 5.97 Å². The molecule has 0 aliphatic carbocycles. The second-order valence-electron chi connectivity index (χ2n) is 4.48. The first-order valence-corrected chi connectivity index (χ1v) is 6.02. The van der Waals surface area contributed by atoms with Gasteiger partial charge in [0.25, 0.3) is 0 Å². The quantitative estimate of drug-likeness (QED) is 0.883. The van der Waals surface area contributed by atoms with Gasteiger partial charge in [-0.1, -0.05) is 12.1 Å². The molecule has 1 N–H and O–H groups in total. The zero-order valence-electron chi connectivity index (χ0n) is 10.6. The number of ether oxygens (including phenoxy) is 1. The Hall–Kier alpha value is -1.81. The fraction of sp³-hybridized carbons (Fsp3) is 0.357. The number of carbonyl (C=O) groups is 1. The molecule has 0 unspecified atom stereocenters. The van der Waals surface area contributed by atoms with Crippen molar-refractivity contribution in [3.8, 4) is 0 Å². The third kappa shape index (κ3) is 2.54. The number of benzene rings is 1. The topological polar surface area (TPSA) is 51.5 Å². The van der Waals surface area contributed by atoms with Gasteiger partial charge in [0.15, 0.2) is 0 Å². The van der Waals surface area contributed by atoms with Gasteiger partial charge in [-0.15, -0.1) is 0 Å². The molecule has 4 nitrogen and oxygen atoms in total. The van der Waals surface area contributed by atoms with E-state index in [-0.39, 0.29) is 6.10 Å². The molecule has 1 heterocycles. The molecule has 0 amide bonds. The van der Waals surface area contributed by atoms with Gasteiger partial charge in [-0.2, -0.15) is 0 Å². The maximum atomic E-state index is 11.2. The molecular weight excluding hydrogens is 230 g/mol. The fourth-order valence-corrected chi connectivity index (χ4v) is 2.01. The molecule has 1 aromatic carbocycles. The van der Waals surface area contributed by atoms with Crippen LogP contribution in [-0.4, -0.2) is 28.4 Å². The highest BCUT2D eigenvalue weighted by atomic mass is 16.5. The maximum absolute atomic E-state index is 11.2. The van der Waals surface area contributed by atoms with Crippen molar-refractivity contribution in [3.63, 3.8) is 0 Å². The van der Waals surface area contributed by atoms with E-state index in [9.17, 15) is 9.90 Å². The zero-order chi connectivity index (χ0) is 13.1. The number of para-hydroxylation sites is 1. The van der Waals surface area contributed by atoms with Crippen molar-refractivity contribution in [1.82, 2.24) is 4.57 Å². The van der Waals surface area contributed by atoms with Gasteiger partial charge in [-0.25, -0.2) is 4.79 Å². The molecule has 0 saturated heterocycles. The van der Waals surface area contributed by atoms with Gasteiger partial charge < -0.3 is 14.4 Å². The van der Waals surface area contributed by atoms with E-state index in [1.807, 2.05) is 36.7 Å². The molecule has 18 heavy (non-hydrogen) atoms. The number of hydrogen-bond acceptors (Lipinski definition) is 2. The van der Waals surface area contributed by atoms with E-state index in [2.05, 4.69) is 0 Å². The first-order chi connectivity index (χ1) is 8.59. The maximum Gasteiger partial charge on any atom is 0.337 e. The van der Waals surface area contributed by atoms with Gasteiger partial charge >= 0.3 is 5.97 Å². The number of aromatic nitrogens is 1. The van der Waals surface area contributed by atoms with Crippen LogP contribution < -0.4 is 0 Å². The van der Waals surface area contributed by atoms with Crippen LogP contribution in [-0.2, 0) is 11.3 Å². The van der Waals surface area contributed by atoms with Crippen LogP contribution in [0.4, 0.5) is 0 Å². The Morgan fingerprint density at radius 3 is 2.83 bits per heavy atom. The van der Waals surface area contributed by atoms with E-state index in [0.717, 1.165) is 10.9 Å². The minimum absolute atomic E-state index is 0.186. The molecular formula is C14H17NO3. The lowest BCUT2D eigenvalue weighted by atomic mass is 10.1. The normalized spacial score (nSPS) is 11.3. The SMILES string of the molecule is CC(C)OCCn1ccc2cccc(C(=O)O)c21. The Kier molecular flexibility index (Phi) is 3.67. The Labute approximate surface area is 106 Å². The van der Waals surface area contributed by atoms with Crippen LogP contribution in [0.5, 0.6) is 0 Å². The predicted molar refractivity (Wildman–Crippen MR) is 70.0 cm³/mol. The lowest BCUT2D eigenvalue weighted by Gasteiger charge is -2.10. The molecule has 0 spiro atoms. The minimum atomic E-state index is -0.898. The van der Waals surface area contributed by atoms with Crippen molar-refractivity contribution in [3.05, 3.63) is 36.0 Å². The number of nitrogens with zero attached hydrogens (tertiary/aromatic N) is 1. The molecule has 2 aromatic rings. The summed E-state index contributed by atoms with van der Waals surface area (Å²) in [6.45, 7) is 5.20. The van der Waals surface area contributed by atoms with Gasteiger partial charge in [0.2, 0.25) is 0 Å². The highest BCUT2D eigenvalue weighted by Gasteiger charge is 2.11. The third-order valence-corrected chi connectivity index (χ3v) is 2.80. The molecule has 2 rings (SSSR count). The smallest absolute Gasteiger partial charge is 0.337 e. The summed E-state index contributed by atoms with van der Waals surface area (Å²) in [4.78, 5) is 11.2. The van der Waals surface area contributed by atoms with Crippen molar-refractivity contribution in [2.45, 2.75) is 26.5 Å². The van der Waals surface area contributed by atoms with Crippen molar-refractivity contribution < 1.29 is 14.6 Å². The van der Waals surface area contributed by atoms with E-state index in [1.54, 1.807) is 12.1 Å². The van der Waals surface area contributed by atoms with Gasteiger partial charge in [-0.3, -0.25) is 0 Å². The Morgan fingerprint density at radius 1 is 1.39 bits per heavy atom. The number of rotatable bonds is 5. The molecule has 0 bridgehead atoms. The summed E-state index contributed by atoms with van der Waals surface area (Å²) in [6, 6.07) is 7.24. The number of carboxylic acid groups (broad SMARTS) is 1. The number of carboxylic acids is 1. The van der Waals surface area contributed by atoms with Crippen LogP contribution in [0, 0.1) is 0 Å². The van der Waals surface area contributed by atoms with Gasteiger partial charge in [-0.05, 0) is 26.0 Å². The highest BCUT2D eigenvalue weighted by Crippen LogP contribution is 2.20. The summed E-state index contributed by atoms with van der Waals surface area (Å²) in [7, 11) is 0. The third-order valence-electron chi connectivity index (χ3n) is 2.80. The van der Waals surface area contributed by atoms with Gasteiger partial charge in [0.05, 0.1) is 23.8 Å². The van der Waals surface area contributed by atoms with Crippen molar-refractivity contribution >= 4 is 16.9 Å². The zero-order valence-corrected chi connectivity index (χ0v) is 10.6. The molecule has 96 valence electrons. The van der Waals surface area contributed by atoms with Crippen molar-refractivity contribution in [2.75, 3.05) is 6.61 Å². The first-order valence-electron chi connectivity index (χ1n) is 6.02. The fourth-order valence-electron chi connectivity index (χ4n) is 2.01. The second kappa shape index (κ2) is 5.23. The van der Waals surface area contributed by atoms with Crippen LogP contribution in [0.25, 0.3) is 10.9 Å². The van der Waals surface area contributed by atoms with Crippen LogP contribution in [0.3, 0.4) is 0 Å². The van der Waals surface area contributed by atoms with E-state index in [4.69, 9.17) is 4.74 Å².